The third kappa shape index (κ3) is 13.0. The van der Waals surface area contributed by atoms with E-state index in [-0.39, 0.29) is 34.3 Å². The molecule has 16 heteroatoms. The van der Waals surface area contributed by atoms with Gasteiger partial charge in [0, 0.05) is 39.8 Å². The van der Waals surface area contributed by atoms with Crippen molar-refractivity contribution in [1.82, 2.24) is 15.0 Å². The van der Waals surface area contributed by atoms with Gasteiger partial charge in [-0.3, -0.25) is 45.3 Å². The number of aryl methyl sites for hydroxylation is 3. The maximum absolute atomic E-state index is 10.6. The standard InChI is InChI=1S/C14H11BrN2O3.2C14H12N2O3/c1-9-3-2-4-12(16-9)11(15)7-10-5-6-13(17(19)20)14(18)8-10;2*1-10-3-2-4-12(15-10)7-5-11-6-8-13(16(18)19)14(17)9-11/h2-8,18H,1H3;2*2-9,17H,1H3/b;7-5+;7-5-. The molecule has 0 saturated carbocycles. The molecule has 0 fully saturated rings. The number of hydrogen-bond donors (Lipinski definition) is 3. The molecule has 3 aromatic carbocycles. The number of phenols is 3. The molecule has 0 bridgehead atoms. The van der Waals surface area contributed by atoms with Crippen molar-refractivity contribution in [2.75, 3.05) is 0 Å². The maximum Gasteiger partial charge on any atom is 0.310 e. The summed E-state index contributed by atoms with van der Waals surface area (Å²) in [5.41, 5.74) is 6.12. The second-order valence-corrected chi connectivity index (χ2v) is 13.1. The van der Waals surface area contributed by atoms with Gasteiger partial charge in [0.05, 0.1) is 31.9 Å². The Morgan fingerprint density at radius 1 is 0.517 bits per heavy atom. The first-order chi connectivity index (χ1) is 27.6. The van der Waals surface area contributed by atoms with E-state index in [9.17, 15) is 45.7 Å². The highest BCUT2D eigenvalue weighted by atomic mass is 79.9. The quantitative estimate of drug-likeness (QED) is 0.0912. The zero-order chi connectivity index (χ0) is 42.4. The van der Waals surface area contributed by atoms with Crippen LogP contribution in [0.25, 0.3) is 34.9 Å². The van der Waals surface area contributed by atoms with Gasteiger partial charge in [-0.2, -0.15) is 0 Å². The molecule has 0 spiro atoms. The number of aromatic nitrogens is 3. The van der Waals surface area contributed by atoms with E-state index in [0.717, 1.165) is 38.6 Å². The molecule has 3 N–H and O–H groups in total. The number of nitro groups is 3. The first-order valence-corrected chi connectivity index (χ1v) is 17.9. The number of pyridine rings is 3. The molecular formula is C42H35BrN6O9. The molecule has 6 rings (SSSR count). The largest absolute Gasteiger partial charge is 0.502 e. The van der Waals surface area contributed by atoms with Crippen molar-refractivity contribution in [3.8, 4) is 17.2 Å². The molecule has 0 saturated heterocycles. The van der Waals surface area contributed by atoms with Crippen LogP contribution in [0.1, 0.15) is 50.9 Å². The van der Waals surface area contributed by atoms with Gasteiger partial charge in [-0.25, -0.2) is 0 Å². The summed E-state index contributed by atoms with van der Waals surface area (Å²) in [4.78, 5) is 42.8. The van der Waals surface area contributed by atoms with E-state index in [1.807, 2.05) is 75.4 Å². The monoisotopic (exact) mass is 846 g/mol. The lowest BCUT2D eigenvalue weighted by Gasteiger charge is -2.02. The lowest BCUT2D eigenvalue weighted by Crippen LogP contribution is -1.89. The molecule has 3 aromatic heterocycles. The molecule has 0 amide bonds. The van der Waals surface area contributed by atoms with Crippen LogP contribution in [0, 0.1) is 51.1 Å². The Morgan fingerprint density at radius 2 is 0.879 bits per heavy atom. The van der Waals surface area contributed by atoms with E-state index in [0.29, 0.717) is 16.7 Å². The Labute approximate surface area is 340 Å². The Bertz CT molecular complexity index is 2440. The number of nitrogens with zero attached hydrogens (tertiary/aromatic N) is 6. The molecule has 0 aliphatic rings. The van der Waals surface area contributed by atoms with Crippen LogP contribution < -0.4 is 0 Å². The maximum atomic E-state index is 10.6. The number of rotatable bonds is 9. The van der Waals surface area contributed by atoms with Gasteiger partial charge in [0.2, 0.25) is 0 Å². The average Bonchev–Trinajstić information content (AvgIpc) is 3.16. The number of phenolic OH excluding ortho intramolecular Hbond substituents is 3. The second-order valence-electron chi connectivity index (χ2n) is 12.2. The fourth-order valence-electron chi connectivity index (χ4n) is 4.96. The molecule has 0 unspecified atom stereocenters. The topological polar surface area (TPSA) is 229 Å². The van der Waals surface area contributed by atoms with Gasteiger partial charge < -0.3 is 15.3 Å². The predicted molar refractivity (Wildman–Crippen MR) is 226 cm³/mol. The van der Waals surface area contributed by atoms with Crippen molar-refractivity contribution < 1.29 is 30.1 Å². The highest BCUT2D eigenvalue weighted by molar-refractivity contribution is 9.15. The molecule has 0 aliphatic carbocycles. The van der Waals surface area contributed by atoms with E-state index in [1.165, 1.54) is 36.4 Å². The zero-order valence-electron chi connectivity index (χ0n) is 31.1. The molecule has 0 atom stereocenters. The summed E-state index contributed by atoms with van der Waals surface area (Å²) in [6.07, 6.45) is 8.79. The normalized spacial score (nSPS) is 11.0. The number of benzene rings is 3. The lowest BCUT2D eigenvalue weighted by molar-refractivity contribution is -0.386. The highest BCUT2D eigenvalue weighted by Crippen LogP contribution is 2.30. The predicted octanol–water partition coefficient (Wildman–Crippen LogP) is 10.2. The molecule has 294 valence electrons. The SMILES string of the molecule is Cc1cccc(/C=C/c2ccc([N+](=O)[O-])c(O)c2)n1.Cc1cccc(/C=C\c2ccc([N+](=O)[O-])c(O)c2)n1.Cc1cccc(C(Br)=Cc2ccc([N+](=O)[O-])c(O)c2)n1. The third-order valence-corrected chi connectivity index (χ3v) is 8.36. The fraction of sp³-hybridized carbons (Fsp3) is 0.0714. The molecule has 6 aromatic rings. The minimum atomic E-state index is -0.625. The Kier molecular flexibility index (Phi) is 15.1. The van der Waals surface area contributed by atoms with Gasteiger partial charge in [-0.15, -0.1) is 0 Å². The number of nitro benzene ring substituents is 3. The summed E-state index contributed by atoms with van der Waals surface area (Å²) in [7, 11) is 0. The summed E-state index contributed by atoms with van der Waals surface area (Å²) in [6, 6.07) is 29.5. The van der Waals surface area contributed by atoms with Crippen LogP contribution in [0.2, 0.25) is 0 Å². The van der Waals surface area contributed by atoms with Gasteiger partial charge in [0.15, 0.2) is 17.2 Å². The van der Waals surface area contributed by atoms with Crippen molar-refractivity contribution in [3.63, 3.8) is 0 Å². The molecule has 15 nitrogen and oxygen atoms in total. The summed E-state index contributed by atoms with van der Waals surface area (Å²) < 4.78 is 0.731. The minimum absolute atomic E-state index is 0.300. The van der Waals surface area contributed by atoms with Crippen molar-refractivity contribution >= 4 is 67.9 Å². The van der Waals surface area contributed by atoms with Crippen LogP contribution in [0.15, 0.2) is 109 Å². The van der Waals surface area contributed by atoms with Crippen LogP contribution in [-0.2, 0) is 0 Å². The van der Waals surface area contributed by atoms with Crippen LogP contribution in [0.3, 0.4) is 0 Å². The Balaban J connectivity index is 0.000000193. The first-order valence-electron chi connectivity index (χ1n) is 17.1. The van der Waals surface area contributed by atoms with E-state index in [4.69, 9.17) is 0 Å². The third-order valence-electron chi connectivity index (χ3n) is 7.73. The first kappa shape index (κ1) is 43.1. The van der Waals surface area contributed by atoms with Crippen LogP contribution in [0.5, 0.6) is 17.2 Å². The van der Waals surface area contributed by atoms with Crippen LogP contribution in [-0.4, -0.2) is 45.0 Å². The fourth-order valence-corrected chi connectivity index (χ4v) is 5.44. The van der Waals surface area contributed by atoms with Crippen molar-refractivity contribution in [2.45, 2.75) is 20.8 Å². The Morgan fingerprint density at radius 3 is 1.24 bits per heavy atom. The number of hydrogen-bond acceptors (Lipinski definition) is 12. The van der Waals surface area contributed by atoms with Gasteiger partial charge in [0.1, 0.15) is 0 Å². The van der Waals surface area contributed by atoms with E-state index >= 15 is 0 Å². The van der Waals surface area contributed by atoms with Crippen molar-refractivity contribution in [3.05, 3.63) is 190 Å². The second kappa shape index (κ2) is 20.4. The number of aromatic hydroxyl groups is 3. The summed E-state index contributed by atoms with van der Waals surface area (Å²) in [5.74, 6) is -1.05. The molecule has 58 heavy (non-hydrogen) atoms. The van der Waals surface area contributed by atoms with Gasteiger partial charge in [0.25, 0.3) is 0 Å². The molecule has 0 radical (unpaired) electrons. The molecular weight excluding hydrogens is 812 g/mol. The zero-order valence-corrected chi connectivity index (χ0v) is 32.7. The summed E-state index contributed by atoms with van der Waals surface area (Å²) in [6.45, 7) is 5.69. The average molecular weight is 848 g/mol. The van der Waals surface area contributed by atoms with E-state index < -0.39 is 14.8 Å². The summed E-state index contributed by atoms with van der Waals surface area (Å²) >= 11 is 3.41. The van der Waals surface area contributed by atoms with Crippen LogP contribution >= 0.6 is 15.9 Å². The lowest BCUT2D eigenvalue weighted by atomic mass is 10.1. The van der Waals surface area contributed by atoms with Gasteiger partial charge in [-0.05, 0) is 144 Å². The number of halogens is 1. The van der Waals surface area contributed by atoms with E-state index in [1.54, 1.807) is 48.6 Å². The van der Waals surface area contributed by atoms with E-state index in [2.05, 4.69) is 30.9 Å². The highest BCUT2D eigenvalue weighted by Gasteiger charge is 2.14. The van der Waals surface area contributed by atoms with Gasteiger partial charge >= 0.3 is 17.1 Å². The summed E-state index contributed by atoms with van der Waals surface area (Å²) in [5, 5.41) is 60.4. The smallest absolute Gasteiger partial charge is 0.310 e. The van der Waals surface area contributed by atoms with Crippen molar-refractivity contribution in [1.29, 1.82) is 0 Å². The minimum Gasteiger partial charge on any atom is -0.502 e. The van der Waals surface area contributed by atoms with Gasteiger partial charge in [-0.1, -0.05) is 30.4 Å². The molecule has 3 heterocycles. The molecule has 0 aliphatic heterocycles. The Hall–Kier alpha value is -7.59. The van der Waals surface area contributed by atoms with Crippen LogP contribution in [0.4, 0.5) is 17.1 Å². The van der Waals surface area contributed by atoms with Crippen molar-refractivity contribution in [2.24, 2.45) is 0 Å².